The van der Waals surface area contributed by atoms with Crippen LogP contribution in [0.15, 0.2) is 55.1 Å². The summed E-state index contributed by atoms with van der Waals surface area (Å²) in [5.74, 6) is 0.700. The topological polar surface area (TPSA) is 21.3 Å². The maximum Gasteiger partial charge on any atom is 0.120 e. The maximum atomic E-state index is 5.83. The predicted octanol–water partition coefficient (Wildman–Crippen LogP) is 6.42. The fraction of sp³-hybridized carbons (Fsp3) is 0.364. The van der Waals surface area contributed by atoms with E-state index in [9.17, 15) is 0 Å². The summed E-state index contributed by atoms with van der Waals surface area (Å²) in [5, 5.41) is 3.44. The summed E-state index contributed by atoms with van der Waals surface area (Å²) < 4.78 is 5.83. The van der Waals surface area contributed by atoms with Crippen LogP contribution in [0.4, 0.5) is 5.69 Å². The molecule has 2 nitrogen and oxygen atoms in total. The predicted molar refractivity (Wildman–Crippen MR) is 106 cm³/mol. The number of hydrogen-bond acceptors (Lipinski definition) is 2. The molecule has 0 aromatic heterocycles. The number of rotatable bonds is 5. The van der Waals surface area contributed by atoms with Gasteiger partial charge in [0.25, 0.3) is 0 Å². The van der Waals surface area contributed by atoms with Crippen molar-refractivity contribution in [3.05, 3.63) is 71.8 Å². The highest BCUT2D eigenvalue weighted by atomic mass is 16.5. The minimum Gasteiger partial charge on any atom is -0.488 e. The van der Waals surface area contributed by atoms with E-state index in [1.807, 2.05) is 46.8 Å². The zero-order valence-electron chi connectivity index (χ0n) is 15.9. The zero-order valence-corrected chi connectivity index (χ0v) is 15.9. The van der Waals surface area contributed by atoms with Crippen molar-refractivity contribution in [1.82, 2.24) is 0 Å². The number of anilines is 1. The highest BCUT2D eigenvalue weighted by Crippen LogP contribution is 2.23. The smallest absolute Gasteiger partial charge is 0.120 e. The van der Waals surface area contributed by atoms with E-state index in [-0.39, 0.29) is 5.60 Å². The SMILES string of the molecule is C=C(OC(C)(C)C)c1cccc(NCc2ccc(C)cc2)c1.CC. The van der Waals surface area contributed by atoms with Crippen LogP contribution in [0.25, 0.3) is 5.76 Å². The normalized spacial score (nSPS) is 10.4. The van der Waals surface area contributed by atoms with Crippen LogP contribution in [0.5, 0.6) is 0 Å². The van der Waals surface area contributed by atoms with Crippen LogP contribution in [0.1, 0.15) is 51.3 Å². The standard InChI is InChI=1S/C20H25NO.C2H6/c1-15-9-11-17(12-10-15)14-21-19-8-6-7-18(13-19)16(2)22-20(3,4)5;1-2/h6-13,21H,2,14H2,1,3-5H3;1-2H3. The molecule has 130 valence electrons. The van der Waals surface area contributed by atoms with E-state index in [0.29, 0.717) is 5.76 Å². The van der Waals surface area contributed by atoms with Crippen molar-refractivity contribution >= 4 is 11.4 Å². The van der Waals surface area contributed by atoms with Crippen molar-refractivity contribution in [3.8, 4) is 0 Å². The van der Waals surface area contributed by atoms with E-state index in [1.165, 1.54) is 11.1 Å². The zero-order chi connectivity index (χ0) is 18.2. The highest BCUT2D eigenvalue weighted by Gasteiger charge is 2.13. The van der Waals surface area contributed by atoms with Crippen molar-refractivity contribution in [2.45, 2.75) is 53.7 Å². The van der Waals surface area contributed by atoms with Crippen LogP contribution in [-0.4, -0.2) is 5.60 Å². The number of hydrogen-bond donors (Lipinski definition) is 1. The number of benzene rings is 2. The molecular weight excluding hydrogens is 294 g/mol. The Morgan fingerprint density at radius 2 is 1.67 bits per heavy atom. The van der Waals surface area contributed by atoms with Gasteiger partial charge in [-0.1, -0.05) is 62.4 Å². The summed E-state index contributed by atoms with van der Waals surface area (Å²) in [6, 6.07) is 16.7. The van der Waals surface area contributed by atoms with Crippen LogP contribution in [0.3, 0.4) is 0 Å². The Balaban J connectivity index is 0.00000139. The van der Waals surface area contributed by atoms with Gasteiger partial charge in [0.05, 0.1) is 0 Å². The Bertz CT molecular complexity index is 636. The van der Waals surface area contributed by atoms with Gasteiger partial charge in [-0.15, -0.1) is 0 Å². The van der Waals surface area contributed by atoms with E-state index in [1.54, 1.807) is 0 Å². The van der Waals surface area contributed by atoms with Crippen molar-refractivity contribution in [1.29, 1.82) is 0 Å². The molecule has 24 heavy (non-hydrogen) atoms. The monoisotopic (exact) mass is 325 g/mol. The lowest BCUT2D eigenvalue weighted by Gasteiger charge is -2.23. The van der Waals surface area contributed by atoms with Gasteiger partial charge in [0.2, 0.25) is 0 Å². The van der Waals surface area contributed by atoms with Crippen LogP contribution in [0, 0.1) is 6.92 Å². The van der Waals surface area contributed by atoms with Crippen LogP contribution < -0.4 is 5.32 Å². The third kappa shape index (κ3) is 6.91. The second kappa shape index (κ2) is 9.17. The highest BCUT2D eigenvalue weighted by molar-refractivity contribution is 5.63. The van der Waals surface area contributed by atoms with E-state index >= 15 is 0 Å². The molecule has 0 spiro atoms. The summed E-state index contributed by atoms with van der Waals surface area (Å²) in [6.45, 7) is 17.0. The lowest BCUT2D eigenvalue weighted by Crippen LogP contribution is -2.17. The molecule has 0 radical (unpaired) electrons. The third-order valence-corrected chi connectivity index (χ3v) is 3.23. The molecule has 2 heteroatoms. The lowest BCUT2D eigenvalue weighted by atomic mass is 10.1. The Hall–Kier alpha value is -2.22. The summed E-state index contributed by atoms with van der Waals surface area (Å²) in [6.07, 6.45) is 0. The Labute approximate surface area is 147 Å². The molecule has 1 N–H and O–H groups in total. The van der Waals surface area contributed by atoms with Gasteiger partial charge in [-0.3, -0.25) is 0 Å². The summed E-state index contributed by atoms with van der Waals surface area (Å²) in [5.41, 5.74) is 4.38. The first-order valence-electron chi connectivity index (χ1n) is 8.61. The van der Waals surface area contributed by atoms with E-state index < -0.39 is 0 Å². The van der Waals surface area contributed by atoms with Crippen molar-refractivity contribution in [3.63, 3.8) is 0 Å². The first kappa shape index (κ1) is 19.8. The van der Waals surface area contributed by atoms with Gasteiger partial charge in [-0.05, 0) is 45.4 Å². The van der Waals surface area contributed by atoms with Crippen LogP contribution in [0.2, 0.25) is 0 Å². The van der Waals surface area contributed by atoms with Gasteiger partial charge < -0.3 is 10.1 Å². The lowest BCUT2D eigenvalue weighted by molar-refractivity contribution is 0.0976. The van der Waals surface area contributed by atoms with Gasteiger partial charge >= 0.3 is 0 Å². The largest absolute Gasteiger partial charge is 0.488 e. The number of nitrogens with one attached hydrogen (secondary N) is 1. The molecule has 0 saturated carbocycles. The van der Waals surface area contributed by atoms with E-state index in [0.717, 1.165) is 17.8 Å². The minimum absolute atomic E-state index is 0.234. The summed E-state index contributed by atoms with van der Waals surface area (Å²) in [7, 11) is 0. The molecule has 0 heterocycles. The molecule has 0 aliphatic heterocycles. The molecule has 0 aliphatic carbocycles. The van der Waals surface area contributed by atoms with E-state index in [2.05, 4.69) is 55.2 Å². The minimum atomic E-state index is -0.234. The molecule has 0 unspecified atom stereocenters. The van der Waals surface area contributed by atoms with Gasteiger partial charge in [0, 0.05) is 17.8 Å². The first-order valence-corrected chi connectivity index (χ1v) is 8.61. The molecule has 0 atom stereocenters. The summed E-state index contributed by atoms with van der Waals surface area (Å²) in [4.78, 5) is 0. The van der Waals surface area contributed by atoms with Crippen molar-refractivity contribution < 1.29 is 4.74 Å². The second-order valence-electron chi connectivity index (χ2n) is 6.56. The molecule has 2 rings (SSSR count). The fourth-order valence-corrected chi connectivity index (χ4v) is 2.14. The molecule has 0 saturated heterocycles. The van der Waals surface area contributed by atoms with Crippen LogP contribution >= 0.6 is 0 Å². The van der Waals surface area contributed by atoms with Gasteiger partial charge in [0.15, 0.2) is 0 Å². The second-order valence-corrected chi connectivity index (χ2v) is 6.56. The Kier molecular flexibility index (Phi) is 7.57. The average molecular weight is 325 g/mol. The van der Waals surface area contributed by atoms with Gasteiger partial charge in [-0.25, -0.2) is 0 Å². The third-order valence-electron chi connectivity index (χ3n) is 3.23. The van der Waals surface area contributed by atoms with E-state index in [4.69, 9.17) is 4.74 Å². The molecule has 0 fully saturated rings. The summed E-state index contributed by atoms with van der Waals surface area (Å²) >= 11 is 0. The number of ether oxygens (including phenoxy) is 1. The fourth-order valence-electron chi connectivity index (χ4n) is 2.14. The molecule has 0 bridgehead atoms. The molecule has 2 aromatic carbocycles. The Morgan fingerprint density at radius 3 is 2.25 bits per heavy atom. The van der Waals surface area contributed by atoms with Crippen molar-refractivity contribution in [2.75, 3.05) is 5.32 Å². The quantitative estimate of drug-likeness (QED) is 0.640. The molecular formula is C22H31NO. The number of aryl methyl sites for hydroxylation is 1. The first-order chi connectivity index (χ1) is 11.3. The average Bonchev–Trinajstić information content (AvgIpc) is 2.55. The van der Waals surface area contributed by atoms with Gasteiger partial charge in [-0.2, -0.15) is 0 Å². The van der Waals surface area contributed by atoms with Gasteiger partial charge in [0.1, 0.15) is 11.4 Å². The van der Waals surface area contributed by atoms with Crippen molar-refractivity contribution in [2.24, 2.45) is 0 Å². The maximum absolute atomic E-state index is 5.83. The molecule has 0 aliphatic rings. The Morgan fingerprint density at radius 1 is 1.04 bits per heavy atom. The van der Waals surface area contributed by atoms with Crippen LogP contribution in [-0.2, 0) is 11.3 Å². The molecule has 0 amide bonds. The molecule has 2 aromatic rings.